The van der Waals surface area contributed by atoms with Crippen LogP contribution in [0.5, 0.6) is 0 Å². The number of hydrogen-bond donors (Lipinski definition) is 1. The Bertz CT molecular complexity index is 514. The zero-order valence-electron chi connectivity index (χ0n) is 20.1. The van der Waals surface area contributed by atoms with Crippen molar-refractivity contribution in [3.63, 3.8) is 0 Å². The first-order valence-corrected chi connectivity index (χ1v) is 13.8. The monoisotopic (exact) mass is 401 g/mol. The van der Waals surface area contributed by atoms with Gasteiger partial charge in [0.1, 0.15) is 0 Å². The first-order chi connectivity index (χ1) is 14.1. The van der Waals surface area contributed by atoms with Crippen LogP contribution in [-0.4, -0.2) is 13.1 Å². The van der Waals surface area contributed by atoms with Crippen molar-refractivity contribution in [2.24, 2.45) is 40.4 Å². The van der Waals surface area contributed by atoms with Crippen LogP contribution in [0.3, 0.4) is 0 Å². The van der Waals surface area contributed by atoms with Gasteiger partial charge in [0.15, 0.2) is 0 Å². The van der Waals surface area contributed by atoms with Gasteiger partial charge in [0.25, 0.3) is 0 Å². The van der Waals surface area contributed by atoms with Gasteiger partial charge in [-0.1, -0.05) is 52.9 Å². The molecule has 4 fully saturated rings. The second kappa shape index (κ2) is 9.62. The van der Waals surface area contributed by atoms with Gasteiger partial charge in [-0.3, -0.25) is 0 Å². The molecule has 4 aliphatic carbocycles. The normalized spacial score (nSPS) is 44.2. The van der Waals surface area contributed by atoms with Crippen molar-refractivity contribution in [3.05, 3.63) is 0 Å². The minimum absolute atomic E-state index is 0.688. The lowest BCUT2D eigenvalue weighted by atomic mass is 9.45. The van der Waals surface area contributed by atoms with E-state index in [0.29, 0.717) is 10.8 Å². The average molecular weight is 402 g/mol. The van der Waals surface area contributed by atoms with Gasteiger partial charge in [-0.05, 0) is 124 Å². The third-order valence-electron chi connectivity index (χ3n) is 10.9. The van der Waals surface area contributed by atoms with E-state index in [9.17, 15) is 0 Å². The lowest BCUT2D eigenvalue weighted by Crippen LogP contribution is -2.52. The summed E-state index contributed by atoms with van der Waals surface area (Å²) in [6.45, 7) is 10.3. The molecular weight excluding hydrogens is 350 g/mol. The lowest BCUT2D eigenvalue weighted by molar-refractivity contribution is -0.111. The fraction of sp³-hybridized carbons (Fsp3) is 1.00. The van der Waals surface area contributed by atoms with Gasteiger partial charge in [-0.25, -0.2) is 0 Å². The zero-order chi connectivity index (χ0) is 20.3. The SMILES string of the molecule is CCCCCNCCCCC1CCC2C3CCC4CCCC[C@]4(C)C3CC[C@]12C. The van der Waals surface area contributed by atoms with E-state index in [1.165, 1.54) is 64.5 Å². The van der Waals surface area contributed by atoms with Crippen LogP contribution < -0.4 is 5.32 Å². The highest BCUT2D eigenvalue weighted by atomic mass is 14.8. The van der Waals surface area contributed by atoms with Gasteiger partial charge >= 0.3 is 0 Å². The molecule has 0 aromatic heterocycles. The molecule has 1 heteroatoms. The van der Waals surface area contributed by atoms with Crippen molar-refractivity contribution in [3.8, 4) is 0 Å². The third kappa shape index (κ3) is 4.33. The molecule has 1 nitrogen and oxygen atoms in total. The van der Waals surface area contributed by atoms with E-state index in [2.05, 4.69) is 26.1 Å². The summed E-state index contributed by atoms with van der Waals surface area (Å²) in [6.07, 6.45) is 24.0. The second-order valence-electron chi connectivity index (χ2n) is 12.2. The van der Waals surface area contributed by atoms with Crippen molar-refractivity contribution in [2.75, 3.05) is 13.1 Å². The number of unbranched alkanes of at least 4 members (excludes halogenated alkanes) is 3. The standard InChI is InChI=1S/C28H51N/c1-4-5-9-20-29-21-10-7-12-23-14-16-25-24-15-13-22-11-6-8-18-27(22,2)26(24)17-19-28(23,25)3/h22-26,29H,4-21H2,1-3H3/t22?,23?,24?,25?,26?,27-,28+/m0/s1. The third-order valence-corrected chi connectivity index (χ3v) is 10.9. The highest BCUT2D eigenvalue weighted by Gasteiger charge is 2.59. The fourth-order valence-electron chi connectivity index (χ4n) is 9.14. The molecule has 4 rings (SSSR count). The Morgan fingerprint density at radius 1 is 0.724 bits per heavy atom. The Kier molecular flexibility index (Phi) is 7.35. The Morgan fingerprint density at radius 2 is 1.52 bits per heavy atom. The van der Waals surface area contributed by atoms with Crippen LogP contribution in [0.2, 0.25) is 0 Å². The van der Waals surface area contributed by atoms with E-state index in [1.54, 1.807) is 51.4 Å². The number of rotatable bonds is 9. The molecule has 0 saturated heterocycles. The summed E-state index contributed by atoms with van der Waals surface area (Å²) < 4.78 is 0. The second-order valence-corrected chi connectivity index (χ2v) is 12.2. The predicted octanol–water partition coefficient (Wildman–Crippen LogP) is 7.99. The number of fused-ring (bicyclic) bond motifs is 5. The molecule has 0 bridgehead atoms. The number of nitrogens with one attached hydrogen (secondary N) is 1. The molecule has 1 N–H and O–H groups in total. The molecule has 168 valence electrons. The molecule has 0 aromatic carbocycles. The summed E-state index contributed by atoms with van der Waals surface area (Å²) in [7, 11) is 0. The predicted molar refractivity (Wildman–Crippen MR) is 126 cm³/mol. The van der Waals surface area contributed by atoms with E-state index < -0.39 is 0 Å². The highest BCUT2D eigenvalue weighted by Crippen LogP contribution is 2.67. The van der Waals surface area contributed by atoms with Gasteiger partial charge in [-0.2, -0.15) is 0 Å². The van der Waals surface area contributed by atoms with Gasteiger partial charge in [0.05, 0.1) is 0 Å². The first-order valence-electron chi connectivity index (χ1n) is 13.8. The Hall–Kier alpha value is -0.0400. The minimum atomic E-state index is 0.688. The van der Waals surface area contributed by atoms with Crippen molar-refractivity contribution in [1.82, 2.24) is 5.32 Å². The quantitative estimate of drug-likeness (QED) is 0.386. The molecule has 4 aliphatic rings. The molecule has 0 heterocycles. The first kappa shape index (κ1) is 22.2. The summed E-state index contributed by atoms with van der Waals surface area (Å²) in [5.41, 5.74) is 1.40. The Balaban J connectivity index is 1.28. The van der Waals surface area contributed by atoms with Gasteiger partial charge in [0, 0.05) is 0 Å². The number of hydrogen-bond acceptors (Lipinski definition) is 1. The summed E-state index contributed by atoms with van der Waals surface area (Å²) >= 11 is 0. The van der Waals surface area contributed by atoms with Crippen molar-refractivity contribution in [1.29, 1.82) is 0 Å². The molecule has 0 aliphatic heterocycles. The molecule has 0 radical (unpaired) electrons. The van der Waals surface area contributed by atoms with Gasteiger partial charge < -0.3 is 5.32 Å². The van der Waals surface area contributed by atoms with Crippen LogP contribution in [0.25, 0.3) is 0 Å². The topological polar surface area (TPSA) is 12.0 Å². The van der Waals surface area contributed by atoms with Crippen LogP contribution in [0, 0.1) is 40.4 Å². The van der Waals surface area contributed by atoms with Crippen molar-refractivity contribution < 1.29 is 0 Å². The average Bonchev–Trinajstić information content (AvgIpc) is 3.06. The summed E-state index contributed by atoms with van der Waals surface area (Å²) in [6, 6.07) is 0. The molecule has 7 atom stereocenters. The Morgan fingerprint density at radius 3 is 2.34 bits per heavy atom. The maximum absolute atomic E-state index is 3.68. The maximum Gasteiger partial charge on any atom is -0.00489 e. The van der Waals surface area contributed by atoms with Crippen LogP contribution in [0.1, 0.15) is 124 Å². The lowest BCUT2D eigenvalue weighted by Gasteiger charge is -2.60. The van der Waals surface area contributed by atoms with Gasteiger partial charge in [-0.15, -0.1) is 0 Å². The van der Waals surface area contributed by atoms with E-state index in [-0.39, 0.29) is 0 Å². The molecule has 0 amide bonds. The summed E-state index contributed by atoms with van der Waals surface area (Å²) in [5, 5.41) is 3.68. The summed E-state index contributed by atoms with van der Waals surface area (Å²) in [4.78, 5) is 0. The van der Waals surface area contributed by atoms with Crippen LogP contribution in [0.15, 0.2) is 0 Å². The van der Waals surface area contributed by atoms with Crippen molar-refractivity contribution >= 4 is 0 Å². The van der Waals surface area contributed by atoms with Crippen molar-refractivity contribution in [2.45, 2.75) is 124 Å². The van der Waals surface area contributed by atoms with E-state index in [4.69, 9.17) is 0 Å². The van der Waals surface area contributed by atoms with Gasteiger partial charge in [0.2, 0.25) is 0 Å². The minimum Gasteiger partial charge on any atom is -0.317 e. The van der Waals surface area contributed by atoms with E-state index in [0.717, 1.165) is 29.6 Å². The van der Waals surface area contributed by atoms with E-state index >= 15 is 0 Å². The zero-order valence-corrected chi connectivity index (χ0v) is 20.1. The Labute approximate surface area is 182 Å². The molecule has 29 heavy (non-hydrogen) atoms. The highest BCUT2D eigenvalue weighted by molar-refractivity contribution is 5.08. The van der Waals surface area contributed by atoms with Crippen LogP contribution >= 0.6 is 0 Å². The smallest absolute Gasteiger partial charge is 0.00489 e. The fourth-order valence-corrected chi connectivity index (χ4v) is 9.14. The molecule has 4 saturated carbocycles. The van der Waals surface area contributed by atoms with E-state index in [1.807, 2.05) is 0 Å². The summed E-state index contributed by atoms with van der Waals surface area (Å²) in [5.74, 6) is 5.33. The molecule has 5 unspecified atom stereocenters. The van der Waals surface area contributed by atoms with Crippen LogP contribution in [0.4, 0.5) is 0 Å². The molecule has 0 aromatic rings. The van der Waals surface area contributed by atoms with Crippen LogP contribution in [-0.2, 0) is 0 Å². The largest absolute Gasteiger partial charge is 0.317 e. The molecular formula is C28H51N. The maximum atomic E-state index is 3.68. The molecule has 0 spiro atoms.